The molecule has 1 aromatic rings. The molecule has 2 heterocycles. The quantitative estimate of drug-likeness (QED) is 0.720. The van der Waals surface area contributed by atoms with Crippen molar-refractivity contribution < 1.29 is 24.0 Å². The van der Waals surface area contributed by atoms with E-state index in [2.05, 4.69) is 5.32 Å². The summed E-state index contributed by atoms with van der Waals surface area (Å²) >= 11 is 0. The first-order valence-corrected chi connectivity index (χ1v) is 9.19. The molecule has 0 aromatic heterocycles. The molecule has 28 heavy (non-hydrogen) atoms. The highest BCUT2D eigenvalue weighted by Gasteiger charge is 2.37. The van der Waals surface area contributed by atoms with Crippen LogP contribution < -0.4 is 10.2 Å². The van der Waals surface area contributed by atoms with E-state index in [1.54, 1.807) is 41.0 Å². The van der Waals surface area contributed by atoms with Crippen LogP contribution in [0.1, 0.15) is 23.7 Å². The molecule has 2 aliphatic rings. The lowest BCUT2D eigenvalue weighted by Crippen LogP contribution is -2.55. The zero-order chi connectivity index (χ0) is 20.3. The Morgan fingerprint density at radius 1 is 1.00 bits per heavy atom. The molecule has 0 aliphatic carbocycles. The first kappa shape index (κ1) is 19.5. The third kappa shape index (κ3) is 3.88. The van der Waals surface area contributed by atoms with Crippen molar-refractivity contribution in [1.82, 2.24) is 15.1 Å². The Hall–Kier alpha value is -3.23. The first-order chi connectivity index (χ1) is 13.4. The minimum Gasteiger partial charge on any atom is -0.338 e. The summed E-state index contributed by atoms with van der Waals surface area (Å²) < 4.78 is 0. The topological polar surface area (TPSA) is 107 Å². The van der Waals surface area contributed by atoms with Crippen molar-refractivity contribution in [3.05, 3.63) is 29.8 Å². The van der Waals surface area contributed by atoms with Crippen molar-refractivity contribution in [3.8, 4) is 0 Å². The van der Waals surface area contributed by atoms with Crippen molar-refractivity contribution in [2.75, 3.05) is 44.2 Å². The second kappa shape index (κ2) is 8.20. The Morgan fingerprint density at radius 3 is 2.32 bits per heavy atom. The van der Waals surface area contributed by atoms with Crippen LogP contribution in [0.5, 0.6) is 0 Å². The molecule has 148 valence electrons. The molecule has 1 aromatic carbocycles. The summed E-state index contributed by atoms with van der Waals surface area (Å²) in [5.74, 6) is -1.63. The number of carbonyl (C=O) groups is 5. The zero-order valence-corrected chi connectivity index (χ0v) is 15.6. The van der Waals surface area contributed by atoms with E-state index in [0.717, 1.165) is 0 Å². The fourth-order valence-electron chi connectivity index (χ4n) is 3.21. The molecule has 1 N–H and O–H groups in total. The number of nitrogens with zero attached hydrogens (tertiary/aromatic N) is 3. The molecule has 0 atom stereocenters. The fraction of sp³-hybridized carbons (Fsp3) is 0.421. The van der Waals surface area contributed by atoms with Crippen molar-refractivity contribution in [2.45, 2.75) is 13.3 Å². The van der Waals surface area contributed by atoms with Crippen molar-refractivity contribution in [1.29, 1.82) is 0 Å². The summed E-state index contributed by atoms with van der Waals surface area (Å²) in [5, 5.41) is 2.57. The Labute approximate surface area is 162 Å². The van der Waals surface area contributed by atoms with Crippen LogP contribution in [0.25, 0.3) is 0 Å². The predicted octanol–water partition coefficient (Wildman–Crippen LogP) is 0.0488. The number of hydrogen-bond acceptors (Lipinski definition) is 5. The van der Waals surface area contributed by atoms with Crippen LogP contribution in [0.3, 0.4) is 0 Å². The molecule has 4 amide bonds. The summed E-state index contributed by atoms with van der Waals surface area (Å²) in [7, 11) is 0. The normalized spacial score (nSPS) is 16.2. The van der Waals surface area contributed by atoms with Gasteiger partial charge in [0.15, 0.2) is 5.78 Å². The molecular formula is C19H22N4O5. The number of amides is 4. The number of para-hydroxylation sites is 1. The SMILES string of the molecule is CCC(=O)CNC(=O)N1CCN(C(=O)CN2C(=O)C(=O)c3ccccc32)CC1. The van der Waals surface area contributed by atoms with Crippen LogP contribution >= 0.6 is 0 Å². The molecule has 0 spiro atoms. The standard InChI is InChI=1S/C19H22N4O5/c1-2-13(24)11-20-19(28)22-9-7-21(8-10-22)16(25)12-23-15-6-4-3-5-14(15)17(26)18(23)27/h3-6H,2,7-12H2,1H3,(H,20,28). The van der Waals surface area contributed by atoms with E-state index in [1.165, 1.54) is 4.90 Å². The number of benzene rings is 1. The largest absolute Gasteiger partial charge is 0.338 e. The van der Waals surface area contributed by atoms with Gasteiger partial charge in [0.05, 0.1) is 17.8 Å². The molecule has 2 aliphatic heterocycles. The van der Waals surface area contributed by atoms with Gasteiger partial charge in [-0.1, -0.05) is 19.1 Å². The minimum absolute atomic E-state index is 0.00100. The third-order valence-electron chi connectivity index (χ3n) is 4.92. The van der Waals surface area contributed by atoms with Crippen LogP contribution in [-0.2, 0) is 14.4 Å². The molecule has 9 heteroatoms. The summed E-state index contributed by atoms with van der Waals surface area (Å²) in [6.45, 7) is 2.84. The van der Waals surface area contributed by atoms with Gasteiger partial charge in [0, 0.05) is 32.6 Å². The van der Waals surface area contributed by atoms with Crippen LogP contribution in [0, 0.1) is 0 Å². The number of carbonyl (C=O) groups excluding carboxylic acids is 5. The lowest BCUT2D eigenvalue weighted by molar-refractivity contribution is -0.132. The number of anilines is 1. The molecule has 0 bridgehead atoms. The number of nitrogens with one attached hydrogen (secondary N) is 1. The monoisotopic (exact) mass is 386 g/mol. The molecule has 3 rings (SSSR count). The third-order valence-corrected chi connectivity index (χ3v) is 4.92. The van der Waals surface area contributed by atoms with E-state index in [1.807, 2.05) is 0 Å². The van der Waals surface area contributed by atoms with Gasteiger partial charge in [0.1, 0.15) is 6.54 Å². The molecule has 1 fully saturated rings. The van der Waals surface area contributed by atoms with Crippen molar-refractivity contribution in [3.63, 3.8) is 0 Å². The molecule has 9 nitrogen and oxygen atoms in total. The molecule has 0 saturated carbocycles. The zero-order valence-electron chi connectivity index (χ0n) is 15.6. The van der Waals surface area contributed by atoms with E-state index in [-0.39, 0.29) is 30.8 Å². The maximum atomic E-state index is 12.6. The Bertz CT molecular complexity index is 829. The van der Waals surface area contributed by atoms with Crippen LogP contribution in [0.15, 0.2) is 24.3 Å². The molecular weight excluding hydrogens is 364 g/mol. The molecule has 1 saturated heterocycles. The lowest BCUT2D eigenvalue weighted by atomic mass is 10.1. The summed E-state index contributed by atoms with van der Waals surface area (Å²) in [6.07, 6.45) is 0.364. The number of ketones is 2. The minimum atomic E-state index is -0.701. The summed E-state index contributed by atoms with van der Waals surface area (Å²) in [5.41, 5.74) is 0.757. The number of urea groups is 1. The molecule has 0 unspecified atom stereocenters. The Balaban J connectivity index is 1.53. The molecule has 0 radical (unpaired) electrons. The van der Waals surface area contributed by atoms with Gasteiger partial charge in [-0.15, -0.1) is 0 Å². The Morgan fingerprint density at radius 2 is 1.64 bits per heavy atom. The predicted molar refractivity (Wildman–Crippen MR) is 100.0 cm³/mol. The van der Waals surface area contributed by atoms with Gasteiger partial charge in [0.2, 0.25) is 5.91 Å². The second-order valence-corrected chi connectivity index (χ2v) is 6.66. The number of piperazine rings is 1. The van der Waals surface area contributed by atoms with E-state index >= 15 is 0 Å². The van der Waals surface area contributed by atoms with Gasteiger partial charge in [-0.25, -0.2) is 4.79 Å². The number of fused-ring (bicyclic) bond motifs is 1. The average Bonchev–Trinajstić information content (AvgIpc) is 2.96. The smallest absolute Gasteiger partial charge is 0.317 e. The highest BCUT2D eigenvalue weighted by atomic mass is 16.2. The van der Waals surface area contributed by atoms with Gasteiger partial charge in [-0.3, -0.25) is 24.1 Å². The number of Topliss-reactive ketones (excluding diaryl/α,β-unsaturated/α-hetero) is 2. The first-order valence-electron chi connectivity index (χ1n) is 9.19. The maximum absolute atomic E-state index is 12.6. The highest BCUT2D eigenvalue weighted by molar-refractivity contribution is 6.52. The Kier molecular flexibility index (Phi) is 5.72. The summed E-state index contributed by atoms with van der Waals surface area (Å²) in [4.78, 5) is 64.5. The average molecular weight is 386 g/mol. The van der Waals surface area contributed by atoms with Crippen molar-refractivity contribution >= 4 is 35.1 Å². The maximum Gasteiger partial charge on any atom is 0.317 e. The van der Waals surface area contributed by atoms with Crippen LogP contribution in [0.4, 0.5) is 10.5 Å². The van der Waals surface area contributed by atoms with E-state index < -0.39 is 11.7 Å². The number of hydrogen-bond donors (Lipinski definition) is 1. The van der Waals surface area contributed by atoms with Gasteiger partial charge in [-0.2, -0.15) is 0 Å². The second-order valence-electron chi connectivity index (χ2n) is 6.66. The summed E-state index contributed by atoms with van der Waals surface area (Å²) in [6, 6.07) is 6.27. The van der Waals surface area contributed by atoms with Crippen LogP contribution in [0.2, 0.25) is 0 Å². The van der Waals surface area contributed by atoms with Crippen LogP contribution in [-0.4, -0.2) is 78.5 Å². The van der Waals surface area contributed by atoms with E-state index in [0.29, 0.717) is 43.9 Å². The number of rotatable bonds is 5. The van der Waals surface area contributed by atoms with Crippen molar-refractivity contribution in [2.24, 2.45) is 0 Å². The highest BCUT2D eigenvalue weighted by Crippen LogP contribution is 2.28. The van der Waals surface area contributed by atoms with Gasteiger partial charge in [0.25, 0.3) is 11.7 Å². The van der Waals surface area contributed by atoms with Gasteiger partial charge >= 0.3 is 6.03 Å². The fourth-order valence-corrected chi connectivity index (χ4v) is 3.21. The lowest BCUT2D eigenvalue weighted by Gasteiger charge is -2.35. The van der Waals surface area contributed by atoms with Gasteiger partial charge in [-0.05, 0) is 12.1 Å². The van der Waals surface area contributed by atoms with E-state index in [4.69, 9.17) is 0 Å². The van der Waals surface area contributed by atoms with Gasteiger partial charge < -0.3 is 15.1 Å². The van der Waals surface area contributed by atoms with E-state index in [9.17, 15) is 24.0 Å².